The second kappa shape index (κ2) is 9.45. The molecule has 29 heavy (non-hydrogen) atoms. The molecule has 0 fully saturated rings. The van der Waals surface area contributed by atoms with E-state index in [1.54, 1.807) is 39.7 Å². The van der Waals surface area contributed by atoms with Crippen molar-refractivity contribution in [2.75, 3.05) is 26.6 Å². The average molecular weight is 472 g/mol. The molecule has 0 aliphatic rings. The molecule has 148 valence electrons. The number of thiazole rings is 1. The van der Waals surface area contributed by atoms with E-state index in [9.17, 15) is 5.26 Å². The van der Waals surface area contributed by atoms with Gasteiger partial charge in [-0.2, -0.15) is 5.26 Å². The lowest BCUT2D eigenvalue weighted by Crippen LogP contribution is -1.98. The first kappa shape index (κ1) is 20.7. The lowest BCUT2D eigenvalue weighted by atomic mass is 10.2. The second-order valence-corrected chi connectivity index (χ2v) is 7.55. The maximum absolute atomic E-state index is 9.59. The van der Waals surface area contributed by atoms with Crippen molar-refractivity contribution in [3.05, 3.63) is 57.5 Å². The Hall–Kier alpha value is -3.02. The molecule has 0 bridgehead atoms. The lowest BCUT2D eigenvalue weighted by molar-refractivity contribution is 0.324. The molecular weight excluding hydrogens is 454 g/mol. The van der Waals surface area contributed by atoms with E-state index in [4.69, 9.17) is 14.2 Å². The van der Waals surface area contributed by atoms with Crippen LogP contribution in [0.25, 0.3) is 16.8 Å². The van der Waals surface area contributed by atoms with Gasteiger partial charge in [0.15, 0.2) is 11.5 Å². The third-order valence-electron chi connectivity index (χ3n) is 4.04. The van der Waals surface area contributed by atoms with Crippen molar-refractivity contribution in [1.29, 1.82) is 5.26 Å². The summed E-state index contributed by atoms with van der Waals surface area (Å²) >= 11 is 4.84. The van der Waals surface area contributed by atoms with E-state index < -0.39 is 0 Å². The maximum Gasteiger partial charge on any atom is 0.203 e. The van der Waals surface area contributed by atoms with Crippen molar-refractivity contribution in [3.8, 4) is 34.6 Å². The van der Waals surface area contributed by atoms with Gasteiger partial charge in [-0.05, 0) is 12.1 Å². The first-order valence-corrected chi connectivity index (χ1v) is 10.2. The maximum atomic E-state index is 9.59. The molecule has 1 aromatic heterocycles. The van der Waals surface area contributed by atoms with Crippen LogP contribution in [-0.4, -0.2) is 26.3 Å². The normalized spacial score (nSPS) is 10.9. The number of methoxy groups -OCH3 is 3. The molecular formula is C21H18BrN3O3S. The zero-order chi connectivity index (χ0) is 20.8. The standard InChI is InChI=1S/C21H18BrN3O3S/c1-26-18-8-16(9-19(27-2)20(18)28-3)24-11-14(10-23)21-25-17(12-29-21)13-4-6-15(22)7-5-13/h4-9,11-12,24H,1-3H3/b14-11+. The number of nitrogens with zero attached hydrogens (tertiary/aromatic N) is 2. The molecule has 6 nitrogen and oxygen atoms in total. The summed E-state index contributed by atoms with van der Waals surface area (Å²) in [6.07, 6.45) is 1.62. The number of benzene rings is 2. The van der Waals surface area contributed by atoms with Crippen molar-refractivity contribution in [1.82, 2.24) is 4.98 Å². The minimum Gasteiger partial charge on any atom is -0.493 e. The number of halogens is 1. The molecule has 3 aromatic rings. The predicted octanol–water partition coefficient (Wildman–Crippen LogP) is 5.57. The molecule has 0 aliphatic carbocycles. The number of nitrogens with one attached hydrogen (secondary N) is 1. The van der Waals surface area contributed by atoms with E-state index in [1.807, 2.05) is 29.6 Å². The second-order valence-electron chi connectivity index (χ2n) is 5.77. The summed E-state index contributed by atoms with van der Waals surface area (Å²) < 4.78 is 17.0. The quantitative estimate of drug-likeness (QED) is 0.453. The molecule has 1 N–H and O–H groups in total. The Balaban J connectivity index is 1.86. The van der Waals surface area contributed by atoms with Crippen LogP contribution in [0.5, 0.6) is 17.2 Å². The fourth-order valence-electron chi connectivity index (χ4n) is 2.61. The van der Waals surface area contributed by atoms with Crippen LogP contribution in [0.3, 0.4) is 0 Å². The third kappa shape index (κ3) is 4.70. The van der Waals surface area contributed by atoms with Gasteiger partial charge in [-0.1, -0.05) is 28.1 Å². The van der Waals surface area contributed by atoms with Crippen molar-refractivity contribution in [2.24, 2.45) is 0 Å². The molecule has 0 unspecified atom stereocenters. The van der Waals surface area contributed by atoms with Crippen LogP contribution in [0.1, 0.15) is 5.01 Å². The largest absolute Gasteiger partial charge is 0.493 e. The van der Waals surface area contributed by atoms with Crippen LogP contribution in [-0.2, 0) is 0 Å². The monoisotopic (exact) mass is 471 g/mol. The first-order valence-electron chi connectivity index (χ1n) is 8.48. The van der Waals surface area contributed by atoms with Gasteiger partial charge in [-0.15, -0.1) is 11.3 Å². The Morgan fingerprint density at radius 1 is 1.10 bits per heavy atom. The van der Waals surface area contributed by atoms with Gasteiger partial charge in [0.25, 0.3) is 0 Å². The van der Waals surface area contributed by atoms with Gasteiger partial charge in [-0.25, -0.2) is 4.98 Å². The Kier molecular flexibility index (Phi) is 6.75. The first-order chi connectivity index (χ1) is 14.1. The topological polar surface area (TPSA) is 76.4 Å². The molecule has 0 saturated heterocycles. The smallest absolute Gasteiger partial charge is 0.203 e. The number of nitriles is 1. The highest BCUT2D eigenvalue weighted by Crippen LogP contribution is 2.40. The molecule has 3 rings (SSSR count). The van der Waals surface area contributed by atoms with E-state index in [-0.39, 0.29) is 0 Å². The van der Waals surface area contributed by atoms with Gasteiger partial charge in [0, 0.05) is 39.4 Å². The van der Waals surface area contributed by atoms with Gasteiger partial charge >= 0.3 is 0 Å². The van der Waals surface area contributed by atoms with Gasteiger partial charge < -0.3 is 19.5 Å². The molecule has 0 atom stereocenters. The van der Waals surface area contributed by atoms with Gasteiger partial charge in [-0.3, -0.25) is 0 Å². The Morgan fingerprint density at radius 2 is 1.76 bits per heavy atom. The van der Waals surface area contributed by atoms with E-state index in [1.165, 1.54) is 11.3 Å². The van der Waals surface area contributed by atoms with E-state index in [0.717, 1.165) is 15.7 Å². The van der Waals surface area contributed by atoms with Crippen LogP contribution in [0.4, 0.5) is 5.69 Å². The van der Waals surface area contributed by atoms with Crippen LogP contribution < -0.4 is 19.5 Å². The molecule has 0 amide bonds. The Labute approximate surface area is 181 Å². The highest BCUT2D eigenvalue weighted by atomic mass is 79.9. The van der Waals surface area contributed by atoms with Crippen LogP contribution in [0, 0.1) is 11.3 Å². The Morgan fingerprint density at radius 3 is 2.31 bits per heavy atom. The fraction of sp³-hybridized carbons (Fsp3) is 0.143. The van der Waals surface area contributed by atoms with Crippen molar-refractivity contribution in [3.63, 3.8) is 0 Å². The molecule has 2 aromatic carbocycles. The van der Waals surface area contributed by atoms with Gasteiger partial charge in [0.05, 0.1) is 27.0 Å². The van der Waals surface area contributed by atoms with Gasteiger partial charge in [0.2, 0.25) is 5.75 Å². The van der Waals surface area contributed by atoms with E-state index in [2.05, 4.69) is 32.3 Å². The highest BCUT2D eigenvalue weighted by molar-refractivity contribution is 9.10. The lowest BCUT2D eigenvalue weighted by Gasteiger charge is -2.14. The SMILES string of the molecule is COc1cc(N/C=C(\C#N)c2nc(-c3ccc(Br)cc3)cs2)cc(OC)c1OC. The number of anilines is 1. The number of ether oxygens (including phenoxy) is 3. The number of hydrogen-bond donors (Lipinski definition) is 1. The summed E-state index contributed by atoms with van der Waals surface area (Å²) in [7, 11) is 4.65. The minimum atomic E-state index is 0.423. The summed E-state index contributed by atoms with van der Waals surface area (Å²) in [4.78, 5) is 4.59. The van der Waals surface area contributed by atoms with Crippen LogP contribution >= 0.6 is 27.3 Å². The zero-order valence-corrected chi connectivity index (χ0v) is 18.4. The number of allylic oxidation sites excluding steroid dienone is 1. The molecule has 0 spiro atoms. The molecule has 0 radical (unpaired) electrons. The summed E-state index contributed by atoms with van der Waals surface area (Å²) in [5, 5.41) is 15.3. The van der Waals surface area contributed by atoms with E-state index >= 15 is 0 Å². The highest BCUT2D eigenvalue weighted by Gasteiger charge is 2.13. The number of hydrogen-bond acceptors (Lipinski definition) is 7. The van der Waals surface area contributed by atoms with Crippen molar-refractivity contribution in [2.45, 2.75) is 0 Å². The van der Waals surface area contributed by atoms with Crippen LogP contribution in [0.15, 0.2) is 52.5 Å². The Bertz CT molecular complexity index is 1050. The van der Waals surface area contributed by atoms with Crippen molar-refractivity contribution < 1.29 is 14.2 Å². The van der Waals surface area contributed by atoms with Crippen molar-refractivity contribution >= 4 is 38.5 Å². The number of aromatic nitrogens is 1. The third-order valence-corrected chi connectivity index (χ3v) is 5.45. The zero-order valence-electron chi connectivity index (χ0n) is 16.0. The summed E-state index contributed by atoms with van der Waals surface area (Å²) in [5.41, 5.74) is 2.93. The van der Waals surface area contributed by atoms with Crippen LogP contribution in [0.2, 0.25) is 0 Å². The number of rotatable bonds is 7. The molecule has 1 heterocycles. The summed E-state index contributed by atoms with van der Waals surface area (Å²) in [6, 6.07) is 13.6. The summed E-state index contributed by atoms with van der Waals surface area (Å²) in [6.45, 7) is 0. The summed E-state index contributed by atoms with van der Waals surface area (Å²) in [5.74, 6) is 1.55. The molecule has 8 heteroatoms. The molecule has 0 aliphatic heterocycles. The average Bonchev–Trinajstić information content (AvgIpc) is 3.23. The fourth-order valence-corrected chi connectivity index (χ4v) is 3.67. The van der Waals surface area contributed by atoms with E-state index in [0.29, 0.717) is 33.5 Å². The molecule has 0 saturated carbocycles. The minimum absolute atomic E-state index is 0.423. The van der Waals surface area contributed by atoms with Gasteiger partial charge in [0.1, 0.15) is 16.6 Å². The predicted molar refractivity (Wildman–Crippen MR) is 119 cm³/mol.